The summed E-state index contributed by atoms with van der Waals surface area (Å²) in [4.78, 5) is 24.5. The fourth-order valence-electron chi connectivity index (χ4n) is 2.12. The molecule has 0 aromatic carbocycles. The van der Waals surface area contributed by atoms with Crippen molar-refractivity contribution in [1.82, 2.24) is 4.90 Å². The normalized spacial score (nSPS) is 20.6. The number of carboxylic acid groups (broad SMARTS) is 1. The Hall–Kier alpha value is -1.30. The number of rotatable bonds is 3. The number of carboxylic acids is 1. The maximum Gasteiger partial charge on any atom is 0.410 e. The predicted molar refractivity (Wildman–Crippen MR) is 73.6 cm³/mol. The summed E-state index contributed by atoms with van der Waals surface area (Å²) in [6.45, 7) is 10.3. The highest BCUT2D eigenvalue weighted by Gasteiger charge is 2.38. The summed E-state index contributed by atoms with van der Waals surface area (Å²) in [6, 6.07) is 0. The molecule has 1 aliphatic rings. The standard InChI is InChI=1S/C14H25NO5/c1-13(2,3)20-12(18)15-6-7-19-10(9-15)14(4,5)8-11(16)17/h10H,6-9H2,1-5H3,(H,16,17). The lowest BCUT2D eigenvalue weighted by molar-refractivity contribution is -0.144. The first-order valence-corrected chi connectivity index (χ1v) is 6.82. The van der Waals surface area contributed by atoms with Crippen LogP contribution in [0.3, 0.4) is 0 Å². The van der Waals surface area contributed by atoms with E-state index in [9.17, 15) is 9.59 Å². The summed E-state index contributed by atoms with van der Waals surface area (Å²) < 4.78 is 11.0. The molecule has 20 heavy (non-hydrogen) atoms. The van der Waals surface area contributed by atoms with Crippen LogP contribution in [0.4, 0.5) is 4.79 Å². The minimum absolute atomic E-state index is 0.000173. The lowest BCUT2D eigenvalue weighted by Gasteiger charge is -2.40. The molecule has 0 spiro atoms. The van der Waals surface area contributed by atoms with Gasteiger partial charge in [0.25, 0.3) is 0 Å². The van der Waals surface area contributed by atoms with E-state index in [2.05, 4.69) is 0 Å². The Morgan fingerprint density at radius 2 is 1.90 bits per heavy atom. The molecule has 1 rings (SSSR count). The van der Waals surface area contributed by atoms with Gasteiger partial charge in [-0.25, -0.2) is 4.79 Å². The van der Waals surface area contributed by atoms with Crippen molar-refractivity contribution < 1.29 is 24.2 Å². The molecule has 116 valence electrons. The third-order valence-electron chi connectivity index (χ3n) is 3.20. The molecule has 1 N–H and O–H groups in total. The molecule has 1 fully saturated rings. The van der Waals surface area contributed by atoms with Crippen molar-refractivity contribution in [3.63, 3.8) is 0 Å². The van der Waals surface area contributed by atoms with Gasteiger partial charge in [0.05, 0.1) is 25.7 Å². The lowest BCUT2D eigenvalue weighted by Crippen LogP contribution is -2.52. The van der Waals surface area contributed by atoms with Gasteiger partial charge < -0.3 is 19.5 Å². The molecule has 0 radical (unpaired) electrons. The SMILES string of the molecule is CC(C)(C)OC(=O)N1CCOC(C(C)(C)CC(=O)O)C1. The Labute approximate surface area is 120 Å². The quantitative estimate of drug-likeness (QED) is 0.860. The van der Waals surface area contributed by atoms with Crippen molar-refractivity contribution in [1.29, 1.82) is 0 Å². The van der Waals surface area contributed by atoms with Crippen LogP contribution in [0.15, 0.2) is 0 Å². The van der Waals surface area contributed by atoms with Gasteiger partial charge in [0, 0.05) is 12.0 Å². The van der Waals surface area contributed by atoms with Gasteiger partial charge in [0.1, 0.15) is 5.60 Å². The molecule has 0 aliphatic carbocycles. The third-order valence-corrected chi connectivity index (χ3v) is 3.20. The first-order valence-electron chi connectivity index (χ1n) is 6.82. The highest BCUT2D eigenvalue weighted by Crippen LogP contribution is 2.30. The molecular weight excluding hydrogens is 262 g/mol. The number of morpholine rings is 1. The minimum Gasteiger partial charge on any atom is -0.481 e. The fraction of sp³-hybridized carbons (Fsp3) is 0.857. The highest BCUT2D eigenvalue weighted by molar-refractivity contribution is 5.69. The van der Waals surface area contributed by atoms with E-state index in [1.54, 1.807) is 4.90 Å². The molecule has 1 atom stereocenters. The molecule has 0 aromatic rings. The van der Waals surface area contributed by atoms with Crippen molar-refractivity contribution in [3.05, 3.63) is 0 Å². The molecule has 0 aromatic heterocycles. The van der Waals surface area contributed by atoms with Crippen molar-refractivity contribution in [2.24, 2.45) is 5.41 Å². The Bertz CT molecular complexity index is 372. The number of nitrogens with zero attached hydrogens (tertiary/aromatic N) is 1. The zero-order chi connectivity index (χ0) is 15.6. The number of ether oxygens (including phenoxy) is 2. The Balaban J connectivity index is 2.67. The van der Waals surface area contributed by atoms with Gasteiger partial charge in [-0.05, 0) is 20.8 Å². The summed E-state index contributed by atoms with van der Waals surface area (Å²) in [5.41, 5.74) is -1.08. The van der Waals surface area contributed by atoms with Gasteiger partial charge in [-0.1, -0.05) is 13.8 Å². The molecule has 1 unspecified atom stereocenters. The number of carbonyl (C=O) groups excluding carboxylic acids is 1. The van der Waals surface area contributed by atoms with E-state index < -0.39 is 17.0 Å². The van der Waals surface area contributed by atoms with Crippen LogP contribution in [-0.4, -0.2) is 53.5 Å². The maximum absolute atomic E-state index is 12.0. The van der Waals surface area contributed by atoms with Gasteiger partial charge in [0.15, 0.2) is 0 Å². The minimum atomic E-state index is -0.868. The zero-order valence-corrected chi connectivity index (χ0v) is 12.9. The van der Waals surface area contributed by atoms with Crippen LogP contribution in [0.2, 0.25) is 0 Å². The van der Waals surface area contributed by atoms with E-state index in [-0.39, 0.29) is 18.6 Å². The summed E-state index contributed by atoms with van der Waals surface area (Å²) in [5.74, 6) is -0.868. The predicted octanol–water partition coefficient (Wildman–Crippen LogP) is 2.12. The van der Waals surface area contributed by atoms with Crippen LogP contribution < -0.4 is 0 Å². The molecule has 0 saturated carbocycles. The number of aliphatic carboxylic acids is 1. The topological polar surface area (TPSA) is 76.1 Å². The lowest BCUT2D eigenvalue weighted by atomic mass is 9.82. The first kappa shape index (κ1) is 16.8. The van der Waals surface area contributed by atoms with Crippen molar-refractivity contribution in [3.8, 4) is 0 Å². The van der Waals surface area contributed by atoms with Crippen molar-refractivity contribution in [2.75, 3.05) is 19.7 Å². The second-order valence-electron chi connectivity index (χ2n) is 6.84. The molecule has 1 amide bonds. The molecule has 6 heteroatoms. The molecule has 1 heterocycles. The van der Waals surface area contributed by atoms with Crippen molar-refractivity contribution in [2.45, 2.75) is 52.7 Å². The van der Waals surface area contributed by atoms with Crippen LogP contribution in [0, 0.1) is 5.41 Å². The zero-order valence-electron chi connectivity index (χ0n) is 12.9. The molecule has 6 nitrogen and oxygen atoms in total. The monoisotopic (exact) mass is 287 g/mol. The summed E-state index contributed by atoms with van der Waals surface area (Å²) in [6.07, 6.45) is -0.684. The summed E-state index contributed by atoms with van der Waals surface area (Å²) in [7, 11) is 0. The van der Waals surface area contributed by atoms with E-state index in [0.29, 0.717) is 19.7 Å². The van der Waals surface area contributed by atoms with Gasteiger partial charge in [-0.2, -0.15) is 0 Å². The number of carbonyl (C=O) groups is 2. The Kier molecular flexibility index (Phi) is 5.02. The average molecular weight is 287 g/mol. The van der Waals surface area contributed by atoms with Crippen molar-refractivity contribution >= 4 is 12.1 Å². The second-order valence-corrected chi connectivity index (χ2v) is 6.84. The van der Waals surface area contributed by atoms with Crippen LogP contribution in [-0.2, 0) is 14.3 Å². The number of hydrogen-bond donors (Lipinski definition) is 1. The van der Waals surface area contributed by atoms with E-state index >= 15 is 0 Å². The van der Waals surface area contributed by atoms with Crippen LogP contribution in [0.5, 0.6) is 0 Å². The van der Waals surface area contributed by atoms with Crippen LogP contribution in [0.1, 0.15) is 41.0 Å². The van der Waals surface area contributed by atoms with Gasteiger partial charge in [0.2, 0.25) is 0 Å². The number of amides is 1. The first-order chi connectivity index (χ1) is 9.01. The second kappa shape index (κ2) is 5.99. The van der Waals surface area contributed by atoms with E-state index in [4.69, 9.17) is 14.6 Å². The average Bonchev–Trinajstić information content (AvgIpc) is 2.25. The van der Waals surface area contributed by atoms with Crippen LogP contribution >= 0.6 is 0 Å². The Morgan fingerprint density at radius 3 is 2.40 bits per heavy atom. The molecular formula is C14H25NO5. The number of hydrogen-bond acceptors (Lipinski definition) is 4. The van der Waals surface area contributed by atoms with Gasteiger partial charge in [-0.15, -0.1) is 0 Å². The van der Waals surface area contributed by atoms with E-state index in [1.807, 2.05) is 34.6 Å². The maximum atomic E-state index is 12.0. The third kappa shape index (κ3) is 5.00. The fourth-order valence-corrected chi connectivity index (χ4v) is 2.12. The molecule has 1 aliphatic heterocycles. The largest absolute Gasteiger partial charge is 0.481 e. The molecule has 1 saturated heterocycles. The van der Waals surface area contributed by atoms with E-state index in [0.717, 1.165) is 0 Å². The molecule has 0 bridgehead atoms. The van der Waals surface area contributed by atoms with Crippen LogP contribution in [0.25, 0.3) is 0 Å². The highest BCUT2D eigenvalue weighted by atomic mass is 16.6. The smallest absolute Gasteiger partial charge is 0.410 e. The van der Waals surface area contributed by atoms with Gasteiger partial charge >= 0.3 is 12.1 Å². The van der Waals surface area contributed by atoms with Gasteiger partial charge in [-0.3, -0.25) is 4.79 Å². The Morgan fingerprint density at radius 1 is 1.30 bits per heavy atom. The van der Waals surface area contributed by atoms with E-state index in [1.165, 1.54) is 0 Å². The summed E-state index contributed by atoms with van der Waals surface area (Å²) >= 11 is 0. The summed E-state index contributed by atoms with van der Waals surface area (Å²) in [5, 5.41) is 8.95.